The number of thioether (sulfide) groups is 2. The summed E-state index contributed by atoms with van der Waals surface area (Å²) in [6.45, 7) is 0.821. The van der Waals surface area contributed by atoms with E-state index in [4.69, 9.17) is 0 Å². The molecule has 0 spiro atoms. The summed E-state index contributed by atoms with van der Waals surface area (Å²) < 4.78 is 0. The van der Waals surface area contributed by atoms with Crippen LogP contribution >= 0.6 is 23.5 Å². The number of β-lactam (4-membered cyclic amide) rings is 1. The number of benzene rings is 1. The summed E-state index contributed by atoms with van der Waals surface area (Å²) in [6.07, 6.45) is 0.190. The number of nitrogens with zero attached hydrogens (tertiary/aromatic N) is 2. The van der Waals surface area contributed by atoms with Crippen molar-refractivity contribution in [2.24, 2.45) is 0 Å². The lowest BCUT2D eigenvalue weighted by Crippen LogP contribution is -2.70. The van der Waals surface area contributed by atoms with Crippen LogP contribution in [-0.2, 0) is 20.8 Å². The smallest absolute Gasteiger partial charge is 0.353 e. The first-order valence-electron chi connectivity index (χ1n) is 8.90. The monoisotopic (exact) mass is 421 g/mol. The Bertz CT molecular complexity index is 798. The lowest BCUT2D eigenvalue weighted by Gasteiger charge is -2.49. The maximum atomic E-state index is 12.6. The maximum absolute atomic E-state index is 12.6. The molecule has 2 heterocycles. The van der Waals surface area contributed by atoms with Gasteiger partial charge < -0.3 is 15.3 Å². The van der Waals surface area contributed by atoms with E-state index in [9.17, 15) is 19.5 Å². The standard InChI is InChI=1S/C19H23N3O4S2/c1-21(2)8-9-27-13-11-28-18-15(17(24)22(18)16(13)19(25)26)20-14(23)10-12-6-4-3-5-7-12/h3-7,15,18H,8-11H2,1-2H3,(H,20,23)(H,25,26)/t15-,18+/m1/s1. The Balaban J connectivity index is 1.65. The van der Waals surface area contributed by atoms with Crippen molar-refractivity contribution in [3.05, 3.63) is 46.5 Å². The van der Waals surface area contributed by atoms with Gasteiger partial charge in [-0.3, -0.25) is 14.5 Å². The van der Waals surface area contributed by atoms with Gasteiger partial charge in [-0.25, -0.2) is 4.79 Å². The third-order valence-electron chi connectivity index (χ3n) is 4.47. The number of fused-ring (bicyclic) bond motifs is 1. The molecule has 3 rings (SSSR count). The number of carbonyl (C=O) groups excluding carboxylic acids is 2. The minimum atomic E-state index is -1.10. The number of hydrogen-bond donors (Lipinski definition) is 2. The Labute approximate surface area is 172 Å². The molecule has 0 unspecified atom stereocenters. The van der Waals surface area contributed by atoms with Crippen molar-refractivity contribution in [1.82, 2.24) is 15.1 Å². The van der Waals surface area contributed by atoms with Gasteiger partial charge >= 0.3 is 5.97 Å². The molecule has 2 aliphatic heterocycles. The van der Waals surface area contributed by atoms with Crippen LogP contribution in [0.15, 0.2) is 40.9 Å². The van der Waals surface area contributed by atoms with Crippen LogP contribution in [0, 0.1) is 0 Å². The van der Waals surface area contributed by atoms with Gasteiger partial charge in [0.2, 0.25) is 5.91 Å². The normalized spacial score (nSPS) is 21.4. The number of carbonyl (C=O) groups is 3. The van der Waals surface area contributed by atoms with Crippen molar-refractivity contribution in [2.75, 3.05) is 32.1 Å². The fourth-order valence-corrected chi connectivity index (χ4v) is 5.82. The topological polar surface area (TPSA) is 90.0 Å². The number of hydrogen-bond acceptors (Lipinski definition) is 6. The second kappa shape index (κ2) is 9.02. The van der Waals surface area contributed by atoms with Crippen molar-refractivity contribution >= 4 is 41.3 Å². The zero-order valence-corrected chi connectivity index (χ0v) is 17.4. The lowest BCUT2D eigenvalue weighted by atomic mass is 10.0. The average Bonchev–Trinajstić information content (AvgIpc) is 2.66. The maximum Gasteiger partial charge on any atom is 0.353 e. The van der Waals surface area contributed by atoms with Gasteiger partial charge in [-0.15, -0.1) is 23.5 Å². The highest BCUT2D eigenvalue weighted by molar-refractivity contribution is 8.06. The highest BCUT2D eigenvalue weighted by Crippen LogP contribution is 2.43. The minimum absolute atomic E-state index is 0.0612. The molecule has 0 aromatic heterocycles. The highest BCUT2D eigenvalue weighted by Gasteiger charge is 2.54. The molecule has 2 amide bonds. The molecule has 2 aliphatic rings. The van der Waals surface area contributed by atoms with Gasteiger partial charge in [-0.05, 0) is 19.7 Å². The molecule has 0 radical (unpaired) electrons. The summed E-state index contributed by atoms with van der Waals surface area (Å²) in [5.41, 5.74) is 0.927. The summed E-state index contributed by atoms with van der Waals surface area (Å²) in [4.78, 5) is 40.8. The van der Waals surface area contributed by atoms with Crippen LogP contribution in [0.1, 0.15) is 5.56 Å². The largest absolute Gasteiger partial charge is 0.477 e. The van der Waals surface area contributed by atoms with Crippen molar-refractivity contribution in [2.45, 2.75) is 17.8 Å². The summed E-state index contributed by atoms with van der Waals surface area (Å²) in [7, 11) is 3.92. The fraction of sp³-hybridized carbons (Fsp3) is 0.421. The van der Waals surface area contributed by atoms with Crippen molar-refractivity contribution in [1.29, 1.82) is 0 Å². The number of aliphatic carboxylic acids is 1. The Morgan fingerprint density at radius 3 is 2.68 bits per heavy atom. The van der Waals surface area contributed by atoms with E-state index in [0.717, 1.165) is 17.9 Å². The number of amides is 2. The van der Waals surface area contributed by atoms with Gasteiger partial charge in [0.05, 0.1) is 6.42 Å². The predicted octanol–water partition coefficient (Wildman–Crippen LogP) is 1.22. The van der Waals surface area contributed by atoms with Gasteiger partial charge in [0.15, 0.2) is 0 Å². The Morgan fingerprint density at radius 2 is 2.04 bits per heavy atom. The van der Waals surface area contributed by atoms with Crippen molar-refractivity contribution in [3.63, 3.8) is 0 Å². The van der Waals surface area contributed by atoms with Crippen LogP contribution in [0.4, 0.5) is 0 Å². The van der Waals surface area contributed by atoms with Gasteiger partial charge in [-0.2, -0.15) is 0 Å². The second-order valence-electron chi connectivity index (χ2n) is 6.85. The van der Waals surface area contributed by atoms with Gasteiger partial charge in [0.25, 0.3) is 5.91 Å². The molecule has 2 N–H and O–H groups in total. The molecule has 0 saturated carbocycles. The Morgan fingerprint density at radius 1 is 1.32 bits per heavy atom. The van der Waals surface area contributed by atoms with Crippen molar-refractivity contribution in [3.8, 4) is 0 Å². The third kappa shape index (κ3) is 4.53. The molecule has 1 aromatic rings. The van der Waals surface area contributed by atoms with Crippen molar-refractivity contribution < 1.29 is 19.5 Å². The molecule has 0 bridgehead atoms. The molecular weight excluding hydrogens is 398 g/mol. The number of carboxylic acid groups (broad SMARTS) is 1. The first-order valence-corrected chi connectivity index (χ1v) is 10.9. The van der Waals surface area contributed by atoms with Crippen LogP contribution < -0.4 is 5.32 Å². The van der Waals surface area contributed by atoms with E-state index in [2.05, 4.69) is 5.32 Å². The van der Waals surface area contributed by atoms with E-state index in [1.54, 1.807) is 0 Å². The first kappa shape index (κ1) is 20.8. The molecular formula is C19H23N3O4S2. The summed E-state index contributed by atoms with van der Waals surface area (Å²) in [5, 5.41) is 12.0. The Kier molecular flexibility index (Phi) is 6.69. The van der Waals surface area contributed by atoms with E-state index < -0.39 is 12.0 Å². The van der Waals surface area contributed by atoms with Crippen LogP contribution in [0.2, 0.25) is 0 Å². The van der Waals surface area contributed by atoms with Crippen LogP contribution in [0.5, 0.6) is 0 Å². The zero-order chi connectivity index (χ0) is 20.3. The molecule has 9 heteroatoms. The van der Waals surface area contributed by atoms with E-state index >= 15 is 0 Å². The molecule has 0 aliphatic carbocycles. The minimum Gasteiger partial charge on any atom is -0.477 e. The SMILES string of the molecule is CN(C)CCSC1=C(C(=O)O)N2C(=O)[C@@H](NC(=O)Cc3ccccc3)[C@@H]2SC1. The van der Waals surface area contributed by atoms with Gasteiger partial charge in [0.1, 0.15) is 17.1 Å². The molecule has 1 saturated heterocycles. The summed E-state index contributed by atoms with van der Waals surface area (Å²) in [5.74, 6) is -0.415. The fourth-order valence-electron chi connectivity index (χ4n) is 3.06. The molecule has 28 heavy (non-hydrogen) atoms. The number of carboxylic acids is 1. The average molecular weight is 422 g/mol. The summed E-state index contributed by atoms with van der Waals surface area (Å²) in [6, 6.07) is 8.62. The van der Waals surface area contributed by atoms with Crippen LogP contribution in [-0.4, -0.2) is 76.3 Å². The number of nitrogens with one attached hydrogen (secondary N) is 1. The lowest BCUT2D eigenvalue weighted by molar-refractivity contribution is -0.150. The molecule has 1 aromatic carbocycles. The molecule has 7 nitrogen and oxygen atoms in total. The quantitative estimate of drug-likeness (QED) is 0.610. The number of rotatable bonds is 8. The molecule has 150 valence electrons. The highest BCUT2D eigenvalue weighted by atomic mass is 32.2. The second-order valence-corrected chi connectivity index (χ2v) is 9.14. The Hall–Kier alpha value is -1.97. The van der Waals surface area contributed by atoms with E-state index in [0.29, 0.717) is 10.7 Å². The van der Waals surface area contributed by atoms with Gasteiger partial charge in [-0.1, -0.05) is 30.3 Å². The van der Waals surface area contributed by atoms with E-state index in [1.807, 2.05) is 49.3 Å². The van der Waals surface area contributed by atoms with Gasteiger partial charge in [0, 0.05) is 23.0 Å². The van der Waals surface area contributed by atoms with E-state index in [1.165, 1.54) is 28.4 Å². The predicted molar refractivity (Wildman–Crippen MR) is 111 cm³/mol. The first-order chi connectivity index (χ1) is 13.4. The van der Waals surface area contributed by atoms with Crippen LogP contribution in [0.25, 0.3) is 0 Å². The summed E-state index contributed by atoms with van der Waals surface area (Å²) >= 11 is 2.97. The van der Waals surface area contributed by atoms with Crippen LogP contribution in [0.3, 0.4) is 0 Å². The molecule has 2 atom stereocenters. The van der Waals surface area contributed by atoms with E-state index in [-0.39, 0.29) is 29.3 Å². The zero-order valence-electron chi connectivity index (χ0n) is 15.8. The third-order valence-corrected chi connectivity index (χ3v) is 7.01. The molecule has 1 fully saturated rings.